The predicted molar refractivity (Wildman–Crippen MR) is 141 cm³/mol. The Kier molecular flexibility index (Phi) is 9.93. The Morgan fingerprint density at radius 2 is 1.72 bits per heavy atom. The summed E-state index contributed by atoms with van der Waals surface area (Å²) in [6.45, 7) is 4.44. The van der Waals surface area contributed by atoms with Crippen LogP contribution in [0.3, 0.4) is 0 Å². The highest BCUT2D eigenvalue weighted by atomic mass is 35.5. The fourth-order valence-corrected chi connectivity index (χ4v) is 4.43. The third kappa shape index (κ3) is 6.00. The molecule has 1 heterocycles. The van der Waals surface area contributed by atoms with Gasteiger partial charge in [-0.3, -0.25) is 11.3 Å². The standard InChI is InChI=1S/C25H29ClN4.2ClH/c1-16(2)18-10-13-22-21(15-18)25(20-5-3-4-6-23(20)30-27)29-24(28-22)14-9-17-7-11-19(26)12-8-17;;/h7-16,20,23,30H,3-6,27H2,1-2H3;2*1H/t20-,23+;;/m0../s1. The number of nitrogens with one attached hydrogen (secondary N) is 1. The SMILES string of the molecule is CC(C)c1ccc2nc(C=Cc3ccc(Cl)cc3)nc([C@H]3CCCC[C@H]3NN)c2c1.Cl.Cl. The van der Waals surface area contributed by atoms with Crippen molar-refractivity contribution in [3.05, 3.63) is 70.1 Å². The number of benzene rings is 2. The Balaban J connectivity index is 0.00000181. The van der Waals surface area contributed by atoms with Gasteiger partial charge in [0.2, 0.25) is 0 Å². The number of hydrazine groups is 1. The summed E-state index contributed by atoms with van der Waals surface area (Å²) in [4.78, 5) is 9.88. The van der Waals surface area contributed by atoms with Gasteiger partial charge in [-0.05, 0) is 60.2 Å². The zero-order chi connectivity index (χ0) is 21.1. The molecular formula is C25H31Cl3N4. The molecule has 1 aliphatic carbocycles. The predicted octanol–water partition coefficient (Wildman–Crippen LogP) is 6.91. The lowest BCUT2D eigenvalue weighted by molar-refractivity contribution is 0.328. The normalized spacial score (nSPS) is 18.5. The molecule has 3 aromatic rings. The van der Waals surface area contributed by atoms with Gasteiger partial charge in [-0.15, -0.1) is 24.8 Å². The molecule has 0 spiro atoms. The van der Waals surface area contributed by atoms with Crippen molar-refractivity contribution in [1.82, 2.24) is 15.4 Å². The zero-order valence-corrected chi connectivity index (χ0v) is 20.8. The van der Waals surface area contributed by atoms with Crippen molar-refractivity contribution in [2.24, 2.45) is 5.84 Å². The second-order valence-electron chi connectivity index (χ2n) is 8.45. The number of aromatic nitrogens is 2. The van der Waals surface area contributed by atoms with Crippen LogP contribution in [0.1, 0.15) is 74.0 Å². The van der Waals surface area contributed by atoms with E-state index in [0.29, 0.717) is 11.8 Å². The van der Waals surface area contributed by atoms with Crippen molar-refractivity contribution in [3.63, 3.8) is 0 Å². The minimum Gasteiger partial charge on any atom is -0.271 e. The summed E-state index contributed by atoms with van der Waals surface area (Å²) in [5, 5.41) is 1.88. The van der Waals surface area contributed by atoms with Gasteiger partial charge in [0, 0.05) is 22.4 Å². The highest BCUT2D eigenvalue weighted by Gasteiger charge is 2.28. The molecule has 2 aromatic carbocycles. The van der Waals surface area contributed by atoms with Crippen LogP contribution in [-0.4, -0.2) is 16.0 Å². The molecular weight excluding hydrogens is 463 g/mol. The Morgan fingerprint density at radius 1 is 1.00 bits per heavy atom. The van der Waals surface area contributed by atoms with E-state index >= 15 is 0 Å². The molecule has 32 heavy (non-hydrogen) atoms. The summed E-state index contributed by atoms with van der Waals surface area (Å²) in [5.41, 5.74) is 7.52. The first-order valence-corrected chi connectivity index (χ1v) is 11.1. The number of hydrogen-bond acceptors (Lipinski definition) is 4. The third-order valence-corrected chi connectivity index (χ3v) is 6.31. The smallest absolute Gasteiger partial charge is 0.152 e. The number of nitrogens with zero attached hydrogens (tertiary/aromatic N) is 2. The van der Waals surface area contributed by atoms with E-state index in [9.17, 15) is 0 Å². The van der Waals surface area contributed by atoms with E-state index in [2.05, 4.69) is 37.5 Å². The first-order chi connectivity index (χ1) is 14.5. The van der Waals surface area contributed by atoms with Crippen LogP contribution in [0.4, 0.5) is 0 Å². The van der Waals surface area contributed by atoms with Gasteiger partial charge < -0.3 is 0 Å². The maximum Gasteiger partial charge on any atom is 0.152 e. The number of nitrogens with two attached hydrogens (primary N) is 1. The fourth-order valence-electron chi connectivity index (χ4n) is 4.31. The average molecular weight is 494 g/mol. The van der Waals surface area contributed by atoms with E-state index in [1.54, 1.807) is 0 Å². The summed E-state index contributed by atoms with van der Waals surface area (Å²) in [6.07, 6.45) is 8.59. The van der Waals surface area contributed by atoms with E-state index in [-0.39, 0.29) is 30.9 Å². The van der Waals surface area contributed by atoms with E-state index in [0.717, 1.165) is 45.8 Å². The van der Waals surface area contributed by atoms with Crippen LogP contribution in [-0.2, 0) is 0 Å². The van der Waals surface area contributed by atoms with Crippen LogP contribution in [0.15, 0.2) is 42.5 Å². The third-order valence-electron chi connectivity index (χ3n) is 6.06. The highest BCUT2D eigenvalue weighted by Crippen LogP contribution is 2.36. The summed E-state index contributed by atoms with van der Waals surface area (Å²) in [5.74, 6) is 7.40. The highest BCUT2D eigenvalue weighted by molar-refractivity contribution is 6.30. The number of halogens is 3. The van der Waals surface area contributed by atoms with Gasteiger partial charge in [-0.2, -0.15) is 0 Å². The lowest BCUT2D eigenvalue weighted by atomic mass is 9.81. The van der Waals surface area contributed by atoms with Gasteiger partial charge in [0.15, 0.2) is 5.82 Å². The minimum atomic E-state index is 0. The van der Waals surface area contributed by atoms with Crippen LogP contribution < -0.4 is 11.3 Å². The first-order valence-electron chi connectivity index (χ1n) is 10.8. The monoisotopic (exact) mass is 492 g/mol. The molecule has 3 N–H and O–H groups in total. The van der Waals surface area contributed by atoms with Gasteiger partial charge in [-0.1, -0.05) is 62.6 Å². The molecule has 1 fully saturated rings. The van der Waals surface area contributed by atoms with Crippen molar-refractivity contribution in [3.8, 4) is 0 Å². The second-order valence-corrected chi connectivity index (χ2v) is 8.88. The molecule has 0 aliphatic heterocycles. The van der Waals surface area contributed by atoms with Gasteiger partial charge in [-0.25, -0.2) is 9.97 Å². The summed E-state index contributed by atoms with van der Waals surface area (Å²) in [7, 11) is 0. The van der Waals surface area contributed by atoms with Crippen molar-refractivity contribution in [2.45, 2.75) is 57.4 Å². The number of hydrogen-bond donors (Lipinski definition) is 2. The van der Waals surface area contributed by atoms with Crippen LogP contribution in [0.25, 0.3) is 23.1 Å². The van der Waals surface area contributed by atoms with Crippen molar-refractivity contribution in [1.29, 1.82) is 0 Å². The molecule has 1 aliphatic rings. The largest absolute Gasteiger partial charge is 0.271 e. The Morgan fingerprint density at radius 3 is 2.41 bits per heavy atom. The topological polar surface area (TPSA) is 63.8 Å². The first kappa shape index (κ1) is 26.6. The molecule has 0 amide bonds. The van der Waals surface area contributed by atoms with Gasteiger partial charge in [0.05, 0.1) is 11.2 Å². The van der Waals surface area contributed by atoms with E-state index < -0.39 is 0 Å². The van der Waals surface area contributed by atoms with Gasteiger partial charge in [0.25, 0.3) is 0 Å². The maximum atomic E-state index is 6.00. The summed E-state index contributed by atoms with van der Waals surface area (Å²) >= 11 is 6.00. The van der Waals surface area contributed by atoms with Crippen LogP contribution in [0.5, 0.6) is 0 Å². The molecule has 172 valence electrons. The van der Waals surface area contributed by atoms with Gasteiger partial charge >= 0.3 is 0 Å². The molecule has 0 bridgehead atoms. The summed E-state index contributed by atoms with van der Waals surface area (Å²) in [6, 6.07) is 14.6. The van der Waals surface area contributed by atoms with E-state index in [1.807, 2.05) is 36.4 Å². The number of rotatable bonds is 5. The zero-order valence-electron chi connectivity index (χ0n) is 18.4. The van der Waals surface area contributed by atoms with Crippen molar-refractivity contribution in [2.75, 3.05) is 0 Å². The molecule has 0 saturated heterocycles. The molecule has 0 radical (unpaired) electrons. The Hall–Kier alpha value is -1.69. The van der Waals surface area contributed by atoms with E-state index in [4.69, 9.17) is 27.4 Å². The van der Waals surface area contributed by atoms with E-state index in [1.165, 1.54) is 18.4 Å². The molecule has 1 saturated carbocycles. The second kappa shape index (κ2) is 12.0. The molecule has 0 unspecified atom stereocenters. The van der Waals surface area contributed by atoms with Crippen LogP contribution in [0, 0.1) is 0 Å². The summed E-state index contributed by atoms with van der Waals surface area (Å²) < 4.78 is 0. The fraction of sp³-hybridized carbons (Fsp3) is 0.360. The van der Waals surface area contributed by atoms with Crippen molar-refractivity contribution < 1.29 is 0 Å². The number of fused-ring (bicyclic) bond motifs is 1. The van der Waals surface area contributed by atoms with Crippen LogP contribution >= 0.6 is 36.4 Å². The van der Waals surface area contributed by atoms with Crippen molar-refractivity contribution >= 4 is 59.5 Å². The molecule has 2 atom stereocenters. The maximum absolute atomic E-state index is 6.00. The van der Waals surface area contributed by atoms with Gasteiger partial charge in [0.1, 0.15) is 0 Å². The molecule has 4 rings (SSSR count). The molecule has 4 nitrogen and oxygen atoms in total. The minimum absolute atomic E-state index is 0. The Bertz CT molecular complexity index is 1050. The van der Waals surface area contributed by atoms with Crippen LogP contribution in [0.2, 0.25) is 5.02 Å². The quantitative estimate of drug-likeness (QED) is 0.299. The lowest BCUT2D eigenvalue weighted by Crippen LogP contribution is -2.41. The average Bonchev–Trinajstić information content (AvgIpc) is 2.77. The lowest BCUT2D eigenvalue weighted by Gasteiger charge is -2.31. The molecule has 7 heteroatoms. The Labute approximate surface area is 207 Å². The molecule has 1 aromatic heterocycles.